The molecule has 0 bridgehead atoms. The number of Topliss-reactive ketones (excluding diaryl/α,β-unsaturated/α-hetero) is 1. The average molecular weight is 242 g/mol. The molecular weight excluding hydrogens is 228 g/mol. The first-order chi connectivity index (χ1) is 7.38. The smallest absolute Gasteiger partial charge is 0.159 e. The molecule has 5 heteroatoms. The van der Waals surface area contributed by atoms with Crippen LogP contribution in [0.4, 0.5) is 0 Å². The summed E-state index contributed by atoms with van der Waals surface area (Å²) in [6.45, 7) is 1.57. The van der Waals surface area contributed by atoms with Crippen molar-refractivity contribution in [3.63, 3.8) is 0 Å². The quantitative estimate of drug-likeness (QED) is 0.730. The van der Waals surface area contributed by atoms with Crippen molar-refractivity contribution in [2.75, 3.05) is 18.6 Å². The number of hydrogen-bond acceptors (Lipinski definition) is 4. The standard InChI is InChI=1S/C11H14O4S/c1-9(12)10-4-3-5-11(8-10)15-6-7-16(2,13)14/h3-5,8H,6-7H2,1-2H3. The van der Waals surface area contributed by atoms with Crippen LogP contribution in [-0.2, 0) is 9.84 Å². The molecule has 0 aromatic heterocycles. The van der Waals surface area contributed by atoms with Gasteiger partial charge >= 0.3 is 0 Å². The largest absolute Gasteiger partial charge is 0.493 e. The van der Waals surface area contributed by atoms with Gasteiger partial charge in [-0.15, -0.1) is 0 Å². The molecule has 0 amide bonds. The van der Waals surface area contributed by atoms with Crippen molar-refractivity contribution in [1.82, 2.24) is 0 Å². The molecule has 0 radical (unpaired) electrons. The minimum Gasteiger partial charge on any atom is -0.493 e. The van der Waals surface area contributed by atoms with Gasteiger partial charge in [0.05, 0.1) is 5.75 Å². The maximum Gasteiger partial charge on any atom is 0.159 e. The number of rotatable bonds is 5. The topological polar surface area (TPSA) is 60.4 Å². The van der Waals surface area contributed by atoms with Crippen LogP contribution in [0.3, 0.4) is 0 Å². The van der Waals surface area contributed by atoms with E-state index in [1.54, 1.807) is 24.3 Å². The number of ether oxygens (including phenoxy) is 1. The van der Waals surface area contributed by atoms with Crippen LogP contribution in [0.5, 0.6) is 5.75 Å². The number of sulfone groups is 1. The van der Waals surface area contributed by atoms with Crippen molar-refractivity contribution in [2.45, 2.75) is 6.92 Å². The summed E-state index contributed by atoms with van der Waals surface area (Å²) in [5, 5.41) is 0. The van der Waals surface area contributed by atoms with Crippen LogP contribution in [0.15, 0.2) is 24.3 Å². The highest BCUT2D eigenvalue weighted by Crippen LogP contribution is 2.13. The second-order valence-electron chi connectivity index (χ2n) is 3.56. The summed E-state index contributed by atoms with van der Waals surface area (Å²) in [6.07, 6.45) is 1.16. The molecular formula is C11H14O4S. The Morgan fingerprint density at radius 2 is 2.06 bits per heavy atom. The van der Waals surface area contributed by atoms with E-state index in [1.807, 2.05) is 0 Å². The Morgan fingerprint density at radius 3 is 2.62 bits per heavy atom. The highest BCUT2D eigenvalue weighted by Gasteiger charge is 2.04. The minimum absolute atomic E-state index is 0.0305. The van der Waals surface area contributed by atoms with E-state index >= 15 is 0 Å². The number of carbonyl (C=O) groups is 1. The van der Waals surface area contributed by atoms with Crippen molar-refractivity contribution in [1.29, 1.82) is 0 Å². The monoisotopic (exact) mass is 242 g/mol. The van der Waals surface area contributed by atoms with E-state index in [0.29, 0.717) is 11.3 Å². The first-order valence-electron chi connectivity index (χ1n) is 4.80. The Labute approximate surface area is 95.2 Å². The van der Waals surface area contributed by atoms with E-state index in [0.717, 1.165) is 6.26 Å². The van der Waals surface area contributed by atoms with Crippen LogP contribution in [0, 0.1) is 0 Å². The molecule has 0 aliphatic rings. The molecule has 0 aliphatic heterocycles. The molecule has 1 rings (SSSR count). The minimum atomic E-state index is -3.01. The Hall–Kier alpha value is -1.36. The van der Waals surface area contributed by atoms with Gasteiger partial charge in [0.2, 0.25) is 0 Å². The van der Waals surface area contributed by atoms with Crippen LogP contribution in [-0.4, -0.2) is 32.8 Å². The zero-order chi connectivity index (χ0) is 12.2. The van der Waals surface area contributed by atoms with E-state index in [-0.39, 0.29) is 18.1 Å². The number of hydrogen-bond donors (Lipinski definition) is 0. The lowest BCUT2D eigenvalue weighted by molar-refractivity contribution is 0.101. The Morgan fingerprint density at radius 1 is 1.38 bits per heavy atom. The van der Waals surface area contributed by atoms with Crippen molar-refractivity contribution < 1.29 is 17.9 Å². The molecule has 0 saturated heterocycles. The molecule has 0 saturated carbocycles. The van der Waals surface area contributed by atoms with Crippen LogP contribution in [0.1, 0.15) is 17.3 Å². The maximum absolute atomic E-state index is 11.1. The summed E-state index contributed by atoms with van der Waals surface area (Å²) >= 11 is 0. The van der Waals surface area contributed by atoms with Gasteiger partial charge in [0.1, 0.15) is 12.4 Å². The maximum atomic E-state index is 11.1. The molecule has 0 spiro atoms. The summed E-state index contributed by atoms with van der Waals surface area (Å²) in [4.78, 5) is 11.1. The highest BCUT2D eigenvalue weighted by atomic mass is 32.2. The second-order valence-corrected chi connectivity index (χ2v) is 5.82. The van der Waals surface area contributed by atoms with E-state index in [9.17, 15) is 13.2 Å². The highest BCUT2D eigenvalue weighted by molar-refractivity contribution is 7.90. The summed E-state index contributed by atoms with van der Waals surface area (Å²) in [5.41, 5.74) is 0.553. The number of carbonyl (C=O) groups excluding carboxylic acids is 1. The fraction of sp³-hybridized carbons (Fsp3) is 0.364. The molecule has 0 unspecified atom stereocenters. The molecule has 1 aromatic carbocycles. The van der Waals surface area contributed by atoms with Gasteiger partial charge in [0.15, 0.2) is 15.6 Å². The zero-order valence-electron chi connectivity index (χ0n) is 9.26. The van der Waals surface area contributed by atoms with Gasteiger partial charge in [-0.2, -0.15) is 0 Å². The molecule has 0 N–H and O–H groups in total. The Bertz CT molecular complexity index is 477. The van der Waals surface area contributed by atoms with Gasteiger partial charge in [0.25, 0.3) is 0 Å². The van der Waals surface area contributed by atoms with Crippen molar-refractivity contribution in [3.8, 4) is 5.75 Å². The first kappa shape index (κ1) is 12.7. The van der Waals surface area contributed by atoms with Gasteiger partial charge in [-0.1, -0.05) is 12.1 Å². The van der Waals surface area contributed by atoms with Crippen molar-refractivity contribution in [2.24, 2.45) is 0 Å². The zero-order valence-corrected chi connectivity index (χ0v) is 10.1. The van der Waals surface area contributed by atoms with Gasteiger partial charge in [-0.3, -0.25) is 4.79 Å². The van der Waals surface area contributed by atoms with Gasteiger partial charge < -0.3 is 4.74 Å². The molecule has 16 heavy (non-hydrogen) atoms. The SMILES string of the molecule is CC(=O)c1cccc(OCCS(C)(=O)=O)c1. The summed E-state index contributed by atoms with van der Waals surface area (Å²) < 4.78 is 27.0. The summed E-state index contributed by atoms with van der Waals surface area (Å²) in [6, 6.07) is 6.68. The van der Waals surface area contributed by atoms with E-state index < -0.39 is 9.84 Å². The molecule has 88 valence electrons. The lowest BCUT2D eigenvalue weighted by Gasteiger charge is -2.06. The van der Waals surface area contributed by atoms with Crippen LogP contribution in [0.25, 0.3) is 0 Å². The van der Waals surface area contributed by atoms with E-state index in [1.165, 1.54) is 6.92 Å². The second kappa shape index (κ2) is 5.12. The van der Waals surface area contributed by atoms with Crippen molar-refractivity contribution >= 4 is 15.6 Å². The summed E-state index contributed by atoms with van der Waals surface area (Å²) in [7, 11) is -3.01. The van der Waals surface area contributed by atoms with Gasteiger partial charge in [0, 0.05) is 11.8 Å². The van der Waals surface area contributed by atoms with Gasteiger partial charge in [-0.05, 0) is 19.1 Å². The third-order valence-electron chi connectivity index (χ3n) is 1.96. The molecule has 0 aliphatic carbocycles. The predicted octanol–water partition coefficient (Wildman–Crippen LogP) is 1.31. The van der Waals surface area contributed by atoms with Gasteiger partial charge in [-0.25, -0.2) is 8.42 Å². The Balaban J connectivity index is 2.61. The lowest BCUT2D eigenvalue weighted by atomic mass is 10.1. The van der Waals surface area contributed by atoms with E-state index in [2.05, 4.69) is 0 Å². The van der Waals surface area contributed by atoms with Crippen LogP contribution in [0.2, 0.25) is 0 Å². The average Bonchev–Trinajstić information content (AvgIpc) is 2.16. The molecule has 0 fully saturated rings. The third-order valence-corrected chi connectivity index (χ3v) is 2.87. The van der Waals surface area contributed by atoms with Crippen LogP contribution < -0.4 is 4.74 Å². The normalized spacial score (nSPS) is 11.1. The van der Waals surface area contributed by atoms with Crippen molar-refractivity contribution in [3.05, 3.63) is 29.8 Å². The molecule has 0 heterocycles. The third kappa shape index (κ3) is 4.44. The Kier molecular flexibility index (Phi) is 4.06. The first-order valence-corrected chi connectivity index (χ1v) is 6.86. The molecule has 4 nitrogen and oxygen atoms in total. The predicted molar refractivity (Wildman–Crippen MR) is 61.7 cm³/mol. The number of ketones is 1. The summed E-state index contributed by atoms with van der Waals surface area (Å²) in [5.74, 6) is 0.432. The number of benzene rings is 1. The molecule has 1 aromatic rings. The fourth-order valence-corrected chi connectivity index (χ4v) is 1.50. The van der Waals surface area contributed by atoms with E-state index in [4.69, 9.17) is 4.74 Å². The molecule has 0 atom stereocenters. The van der Waals surface area contributed by atoms with Crippen LogP contribution >= 0.6 is 0 Å². The lowest BCUT2D eigenvalue weighted by Crippen LogP contribution is -2.12. The fourth-order valence-electron chi connectivity index (χ4n) is 1.12.